The second-order valence-corrected chi connectivity index (χ2v) is 3.98. The number of pyridine rings is 1. The zero-order chi connectivity index (χ0) is 13.7. The lowest BCUT2D eigenvalue weighted by Gasteiger charge is -2.01. The summed E-state index contributed by atoms with van der Waals surface area (Å²) in [7, 11) is 0. The van der Waals surface area contributed by atoms with E-state index in [9.17, 15) is 9.90 Å². The first-order valence-electron chi connectivity index (χ1n) is 5.71. The van der Waals surface area contributed by atoms with E-state index in [-0.39, 0.29) is 11.4 Å². The smallest absolute Gasteiger partial charge is 0.289 e. The van der Waals surface area contributed by atoms with Crippen LogP contribution in [0.2, 0.25) is 0 Å². The van der Waals surface area contributed by atoms with Gasteiger partial charge in [0.05, 0.1) is 6.21 Å². The molecular weight excluding hydrogens is 242 g/mol. The Kier molecular flexibility index (Phi) is 3.87. The van der Waals surface area contributed by atoms with E-state index < -0.39 is 5.91 Å². The highest BCUT2D eigenvalue weighted by Crippen LogP contribution is 2.15. The van der Waals surface area contributed by atoms with Gasteiger partial charge in [-0.15, -0.1) is 0 Å². The number of carbonyl (C=O) groups excluding carboxylic acids is 1. The summed E-state index contributed by atoms with van der Waals surface area (Å²) in [5, 5.41) is 13.4. The van der Waals surface area contributed by atoms with Crippen molar-refractivity contribution in [3.05, 3.63) is 59.4 Å². The number of aromatic nitrogens is 1. The maximum Gasteiger partial charge on any atom is 0.289 e. The van der Waals surface area contributed by atoms with Crippen molar-refractivity contribution in [1.82, 2.24) is 10.4 Å². The van der Waals surface area contributed by atoms with Crippen molar-refractivity contribution in [2.75, 3.05) is 0 Å². The van der Waals surface area contributed by atoms with Crippen LogP contribution in [0.1, 0.15) is 21.6 Å². The SMILES string of the molecule is Cc1ccc(O)c(/C=N/NC(=O)c2ccccn2)c1. The van der Waals surface area contributed by atoms with Crippen molar-refractivity contribution in [2.45, 2.75) is 6.92 Å². The van der Waals surface area contributed by atoms with Crippen molar-refractivity contribution >= 4 is 12.1 Å². The monoisotopic (exact) mass is 255 g/mol. The van der Waals surface area contributed by atoms with Gasteiger partial charge >= 0.3 is 0 Å². The molecule has 19 heavy (non-hydrogen) atoms. The quantitative estimate of drug-likeness (QED) is 0.649. The third kappa shape index (κ3) is 3.38. The number of carbonyl (C=O) groups is 1. The van der Waals surface area contributed by atoms with Gasteiger partial charge in [0, 0.05) is 11.8 Å². The third-order valence-electron chi connectivity index (χ3n) is 2.45. The van der Waals surface area contributed by atoms with E-state index in [0.717, 1.165) is 5.56 Å². The average Bonchev–Trinajstić information content (AvgIpc) is 2.43. The molecule has 0 aliphatic carbocycles. The minimum atomic E-state index is -0.399. The molecule has 1 amide bonds. The van der Waals surface area contributed by atoms with Crippen molar-refractivity contribution < 1.29 is 9.90 Å². The zero-order valence-corrected chi connectivity index (χ0v) is 10.4. The molecule has 5 nitrogen and oxygen atoms in total. The van der Waals surface area contributed by atoms with Gasteiger partial charge in [0.15, 0.2) is 0 Å². The third-order valence-corrected chi connectivity index (χ3v) is 2.45. The molecule has 0 unspecified atom stereocenters. The Morgan fingerprint density at radius 1 is 1.37 bits per heavy atom. The minimum absolute atomic E-state index is 0.112. The van der Waals surface area contributed by atoms with Gasteiger partial charge < -0.3 is 5.11 Å². The van der Waals surface area contributed by atoms with Crippen LogP contribution in [0, 0.1) is 6.92 Å². The van der Waals surface area contributed by atoms with Crippen LogP contribution in [0.25, 0.3) is 0 Å². The van der Waals surface area contributed by atoms with Crippen LogP contribution in [0.3, 0.4) is 0 Å². The van der Waals surface area contributed by atoms with Crippen molar-refractivity contribution in [3.63, 3.8) is 0 Å². The molecule has 0 bridgehead atoms. The Labute approximate surface area is 110 Å². The van der Waals surface area contributed by atoms with Gasteiger partial charge in [0.1, 0.15) is 11.4 Å². The number of nitrogens with zero attached hydrogens (tertiary/aromatic N) is 2. The van der Waals surface area contributed by atoms with E-state index in [4.69, 9.17) is 0 Å². The zero-order valence-electron chi connectivity index (χ0n) is 10.4. The number of aryl methyl sites for hydroxylation is 1. The van der Waals surface area contributed by atoms with Crippen molar-refractivity contribution in [2.24, 2.45) is 5.10 Å². The van der Waals surface area contributed by atoms with E-state index in [2.05, 4.69) is 15.5 Å². The standard InChI is InChI=1S/C14H13N3O2/c1-10-5-6-13(18)11(8-10)9-16-17-14(19)12-4-2-3-7-15-12/h2-9,18H,1H3,(H,17,19)/b16-9+. The molecule has 1 aromatic carbocycles. The van der Waals surface area contributed by atoms with E-state index in [1.165, 1.54) is 12.4 Å². The number of amides is 1. The first-order valence-corrected chi connectivity index (χ1v) is 5.71. The molecule has 0 saturated heterocycles. The summed E-state index contributed by atoms with van der Waals surface area (Å²) < 4.78 is 0. The number of hydrogen-bond donors (Lipinski definition) is 2. The molecular formula is C14H13N3O2. The second kappa shape index (κ2) is 5.77. The van der Waals surface area contributed by atoms with Crippen molar-refractivity contribution in [3.8, 4) is 5.75 Å². The van der Waals surface area contributed by atoms with Crippen LogP contribution in [0.4, 0.5) is 0 Å². The topological polar surface area (TPSA) is 74.6 Å². The molecule has 1 aromatic heterocycles. The summed E-state index contributed by atoms with van der Waals surface area (Å²) in [5.74, 6) is -0.287. The summed E-state index contributed by atoms with van der Waals surface area (Å²) in [6.07, 6.45) is 2.92. The number of nitrogens with one attached hydrogen (secondary N) is 1. The Bertz CT molecular complexity index is 609. The number of aromatic hydroxyl groups is 1. The lowest BCUT2D eigenvalue weighted by Crippen LogP contribution is -2.18. The van der Waals surface area contributed by atoms with Gasteiger partial charge in [-0.3, -0.25) is 9.78 Å². The predicted octanol–water partition coefficient (Wildman–Crippen LogP) is 1.86. The van der Waals surface area contributed by atoms with Gasteiger partial charge in [-0.25, -0.2) is 5.43 Å². The fourth-order valence-corrected chi connectivity index (χ4v) is 1.49. The molecule has 0 aliphatic heterocycles. The first kappa shape index (κ1) is 12.8. The molecule has 1 heterocycles. The van der Waals surface area contributed by atoms with E-state index in [0.29, 0.717) is 5.56 Å². The molecule has 2 rings (SSSR count). The van der Waals surface area contributed by atoms with Gasteiger partial charge in [-0.1, -0.05) is 17.7 Å². The average molecular weight is 255 g/mol. The summed E-state index contributed by atoms with van der Waals surface area (Å²) in [6.45, 7) is 1.91. The number of phenols is 1. The highest BCUT2D eigenvalue weighted by molar-refractivity contribution is 5.93. The highest BCUT2D eigenvalue weighted by atomic mass is 16.3. The summed E-state index contributed by atoms with van der Waals surface area (Å²) >= 11 is 0. The van der Waals surface area contributed by atoms with Gasteiger partial charge in [-0.2, -0.15) is 5.10 Å². The lowest BCUT2D eigenvalue weighted by atomic mass is 10.1. The van der Waals surface area contributed by atoms with E-state index in [1.54, 1.807) is 36.4 Å². The fourth-order valence-electron chi connectivity index (χ4n) is 1.49. The van der Waals surface area contributed by atoms with Crippen LogP contribution < -0.4 is 5.43 Å². The molecule has 5 heteroatoms. The highest BCUT2D eigenvalue weighted by Gasteiger charge is 2.04. The fraction of sp³-hybridized carbons (Fsp3) is 0.0714. The minimum Gasteiger partial charge on any atom is -0.507 e. The van der Waals surface area contributed by atoms with Crippen LogP contribution >= 0.6 is 0 Å². The predicted molar refractivity (Wildman–Crippen MR) is 72.1 cm³/mol. The Morgan fingerprint density at radius 2 is 2.21 bits per heavy atom. The number of rotatable bonds is 3. The van der Waals surface area contributed by atoms with Crippen LogP contribution in [-0.4, -0.2) is 22.2 Å². The van der Waals surface area contributed by atoms with Crippen molar-refractivity contribution in [1.29, 1.82) is 0 Å². The molecule has 0 radical (unpaired) electrons. The van der Waals surface area contributed by atoms with E-state index in [1.807, 2.05) is 6.92 Å². The number of benzene rings is 1. The molecule has 2 N–H and O–H groups in total. The van der Waals surface area contributed by atoms with Gasteiger partial charge in [-0.05, 0) is 31.2 Å². The molecule has 96 valence electrons. The molecule has 2 aromatic rings. The van der Waals surface area contributed by atoms with Crippen LogP contribution in [0.5, 0.6) is 5.75 Å². The molecule has 0 aliphatic rings. The summed E-state index contributed by atoms with van der Waals surface area (Å²) in [4.78, 5) is 15.5. The summed E-state index contributed by atoms with van der Waals surface area (Å²) in [5.41, 5.74) is 4.17. The molecule has 0 atom stereocenters. The Balaban J connectivity index is 2.04. The molecule has 0 saturated carbocycles. The lowest BCUT2D eigenvalue weighted by molar-refractivity contribution is 0.0950. The number of hydrazone groups is 1. The van der Waals surface area contributed by atoms with E-state index >= 15 is 0 Å². The van der Waals surface area contributed by atoms with Crippen LogP contribution in [0.15, 0.2) is 47.7 Å². The van der Waals surface area contributed by atoms with Gasteiger partial charge in [0.2, 0.25) is 0 Å². The second-order valence-electron chi connectivity index (χ2n) is 3.98. The number of hydrogen-bond acceptors (Lipinski definition) is 4. The maximum atomic E-state index is 11.6. The molecule has 0 fully saturated rings. The summed E-state index contributed by atoms with van der Waals surface area (Å²) in [6, 6.07) is 10.2. The Hall–Kier alpha value is -2.69. The largest absolute Gasteiger partial charge is 0.507 e. The van der Waals surface area contributed by atoms with Crippen LogP contribution in [-0.2, 0) is 0 Å². The normalized spacial score (nSPS) is 10.6. The van der Waals surface area contributed by atoms with Gasteiger partial charge in [0.25, 0.3) is 5.91 Å². The number of phenolic OH excluding ortho intramolecular Hbond substituents is 1. The maximum absolute atomic E-state index is 11.6. The first-order chi connectivity index (χ1) is 9.16. The Morgan fingerprint density at radius 3 is 2.95 bits per heavy atom. The molecule has 0 spiro atoms.